The zero-order chi connectivity index (χ0) is 13.8. The van der Waals surface area contributed by atoms with Crippen molar-refractivity contribution in [3.8, 4) is 0 Å². The summed E-state index contributed by atoms with van der Waals surface area (Å²) >= 11 is 3.32. The van der Waals surface area contributed by atoms with Crippen molar-refractivity contribution in [2.45, 2.75) is 6.04 Å². The molecule has 0 amide bonds. The minimum atomic E-state index is -1.14. The van der Waals surface area contributed by atoms with Gasteiger partial charge in [-0.1, -0.05) is 30.3 Å². The molecule has 2 aromatic rings. The van der Waals surface area contributed by atoms with Gasteiger partial charge in [-0.05, 0) is 34.1 Å². The van der Waals surface area contributed by atoms with Gasteiger partial charge in [-0.3, -0.25) is 0 Å². The van der Waals surface area contributed by atoms with Crippen molar-refractivity contribution in [1.29, 1.82) is 0 Å². The molecule has 2 N–H and O–H groups in total. The van der Waals surface area contributed by atoms with E-state index in [9.17, 15) is 14.3 Å². The third-order valence-electron chi connectivity index (χ3n) is 2.64. The third-order valence-corrected chi connectivity index (χ3v) is 3.33. The highest BCUT2D eigenvalue weighted by Crippen LogP contribution is 2.27. The summed E-state index contributed by atoms with van der Waals surface area (Å²) in [5.74, 6) is -1.68. The fourth-order valence-electron chi connectivity index (χ4n) is 1.72. The Morgan fingerprint density at radius 2 is 1.79 bits per heavy atom. The van der Waals surface area contributed by atoms with Gasteiger partial charge in [-0.2, -0.15) is 0 Å². The molecule has 5 heteroatoms. The predicted octanol–water partition coefficient (Wildman–Crippen LogP) is 3.83. The monoisotopic (exact) mass is 323 g/mol. The van der Waals surface area contributed by atoms with Crippen LogP contribution in [-0.4, -0.2) is 11.1 Å². The first-order valence-electron chi connectivity index (χ1n) is 5.58. The number of carboxylic acids is 1. The van der Waals surface area contributed by atoms with E-state index in [1.807, 2.05) is 6.07 Å². The number of benzene rings is 2. The Morgan fingerprint density at radius 3 is 2.42 bits per heavy atom. The summed E-state index contributed by atoms with van der Waals surface area (Å²) in [6.45, 7) is 0. The molecule has 98 valence electrons. The summed E-state index contributed by atoms with van der Waals surface area (Å²) in [4.78, 5) is 11.3. The molecular weight excluding hydrogens is 313 g/mol. The van der Waals surface area contributed by atoms with Gasteiger partial charge in [0.1, 0.15) is 5.82 Å². The molecule has 0 aliphatic heterocycles. The van der Waals surface area contributed by atoms with E-state index in [-0.39, 0.29) is 5.56 Å². The molecule has 0 radical (unpaired) electrons. The average molecular weight is 324 g/mol. The van der Waals surface area contributed by atoms with Gasteiger partial charge in [0.15, 0.2) is 6.04 Å². The van der Waals surface area contributed by atoms with E-state index in [2.05, 4.69) is 21.2 Å². The lowest BCUT2D eigenvalue weighted by molar-refractivity contribution is -0.138. The minimum absolute atomic E-state index is 0.103. The van der Waals surface area contributed by atoms with Gasteiger partial charge in [0, 0.05) is 15.7 Å². The number of rotatable bonds is 4. The van der Waals surface area contributed by atoms with Crippen LogP contribution in [0.15, 0.2) is 53.0 Å². The number of anilines is 1. The van der Waals surface area contributed by atoms with Gasteiger partial charge in [-0.25, -0.2) is 9.18 Å². The van der Waals surface area contributed by atoms with Gasteiger partial charge >= 0.3 is 5.97 Å². The Balaban J connectivity index is 2.35. The zero-order valence-corrected chi connectivity index (χ0v) is 11.4. The van der Waals surface area contributed by atoms with Crippen LogP contribution in [0.4, 0.5) is 10.1 Å². The van der Waals surface area contributed by atoms with Crippen LogP contribution >= 0.6 is 15.9 Å². The number of carboxylic acid groups (broad SMARTS) is 1. The summed E-state index contributed by atoms with van der Waals surface area (Å²) in [7, 11) is 0. The summed E-state index contributed by atoms with van der Waals surface area (Å²) < 4.78 is 14.4. The molecule has 0 fully saturated rings. The molecule has 2 rings (SSSR count). The van der Waals surface area contributed by atoms with Gasteiger partial charge in [0.2, 0.25) is 0 Å². The molecule has 0 saturated carbocycles. The Hall–Kier alpha value is -1.88. The number of hydrogen-bond acceptors (Lipinski definition) is 2. The van der Waals surface area contributed by atoms with E-state index < -0.39 is 17.8 Å². The highest BCUT2D eigenvalue weighted by atomic mass is 79.9. The van der Waals surface area contributed by atoms with Crippen LogP contribution in [0.2, 0.25) is 0 Å². The van der Waals surface area contributed by atoms with Crippen LogP contribution in [-0.2, 0) is 4.79 Å². The van der Waals surface area contributed by atoms with Gasteiger partial charge < -0.3 is 10.4 Å². The van der Waals surface area contributed by atoms with Crippen molar-refractivity contribution in [3.63, 3.8) is 0 Å². The van der Waals surface area contributed by atoms with Crippen LogP contribution in [0.3, 0.4) is 0 Å². The highest BCUT2D eigenvalue weighted by Gasteiger charge is 2.23. The summed E-state index contributed by atoms with van der Waals surface area (Å²) in [6.07, 6.45) is 0. The van der Waals surface area contributed by atoms with Gasteiger partial charge in [0.25, 0.3) is 0 Å². The normalized spacial score (nSPS) is 11.9. The lowest BCUT2D eigenvalue weighted by Gasteiger charge is -2.17. The van der Waals surface area contributed by atoms with E-state index in [0.717, 1.165) is 4.47 Å². The number of carbonyl (C=O) groups is 1. The van der Waals surface area contributed by atoms with Crippen molar-refractivity contribution >= 4 is 27.6 Å². The quantitative estimate of drug-likeness (QED) is 0.899. The average Bonchev–Trinajstić information content (AvgIpc) is 2.38. The first-order chi connectivity index (χ1) is 9.09. The van der Waals surface area contributed by atoms with Crippen LogP contribution in [0.5, 0.6) is 0 Å². The van der Waals surface area contributed by atoms with Crippen LogP contribution < -0.4 is 5.32 Å². The fraction of sp³-hybridized carbons (Fsp3) is 0.0714. The van der Waals surface area contributed by atoms with E-state index in [1.54, 1.807) is 24.3 Å². The molecule has 2 aromatic carbocycles. The van der Waals surface area contributed by atoms with Crippen molar-refractivity contribution < 1.29 is 14.3 Å². The number of halogens is 2. The highest BCUT2D eigenvalue weighted by molar-refractivity contribution is 9.10. The molecule has 0 saturated heterocycles. The largest absolute Gasteiger partial charge is 0.479 e. The maximum Gasteiger partial charge on any atom is 0.330 e. The topological polar surface area (TPSA) is 49.3 Å². The molecule has 1 atom stereocenters. The second kappa shape index (κ2) is 5.84. The molecule has 19 heavy (non-hydrogen) atoms. The molecule has 3 nitrogen and oxygen atoms in total. The Labute approximate surface area is 118 Å². The number of hydrogen-bond donors (Lipinski definition) is 2. The van der Waals surface area contributed by atoms with Gasteiger partial charge in [0.05, 0.1) is 0 Å². The second-order valence-corrected chi connectivity index (χ2v) is 4.77. The van der Waals surface area contributed by atoms with Crippen molar-refractivity contribution in [2.24, 2.45) is 0 Å². The summed E-state index contributed by atoms with van der Waals surface area (Å²) in [5, 5.41) is 12.1. The first-order valence-corrected chi connectivity index (χ1v) is 6.37. The van der Waals surface area contributed by atoms with Crippen molar-refractivity contribution in [1.82, 2.24) is 0 Å². The summed E-state index contributed by atoms with van der Waals surface area (Å²) in [5.41, 5.74) is 0.698. The molecule has 0 aliphatic rings. The number of nitrogens with one attached hydrogen (secondary N) is 1. The lowest BCUT2D eigenvalue weighted by Crippen LogP contribution is -2.21. The molecule has 0 spiro atoms. The molecule has 0 aromatic heterocycles. The van der Waals surface area contributed by atoms with E-state index >= 15 is 0 Å². The van der Waals surface area contributed by atoms with Crippen molar-refractivity contribution in [2.75, 3.05) is 5.32 Å². The SMILES string of the molecule is O=C(O)C(Nc1ccccc1Br)c1ccccc1F. The third kappa shape index (κ3) is 3.12. The number of aliphatic carboxylic acids is 1. The number of para-hydroxylation sites is 1. The van der Waals surface area contributed by atoms with E-state index in [4.69, 9.17) is 0 Å². The Kier molecular flexibility index (Phi) is 4.16. The maximum atomic E-state index is 13.7. The Morgan fingerprint density at radius 1 is 1.16 bits per heavy atom. The van der Waals surface area contributed by atoms with E-state index in [1.165, 1.54) is 18.2 Å². The summed E-state index contributed by atoms with van der Waals surface area (Å²) in [6, 6.07) is 11.8. The van der Waals surface area contributed by atoms with E-state index in [0.29, 0.717) is 5.69 Å². The molecular formula is C14H11BrFNO2. The molecule has 1 unspecified atom stereocenters. The van der Waals surface area contributed by atoms with Crippen LogP contribution in [0.25, 0.3) is 0 Å². The second-order valence-electron chi connectivity index (χ2n) is 3.92. The molecule has 0 bridgehead atoms. The van der Waals surface area contributed by atoms with Crippen LogP contribution in [0.1, 0.15) is 11.6 Å². The Bertz CT molecular complexity index is 604. The zero-order valence-electron chi connectivity index (χ0n) is 9.81. The smallest absolute Gasteiger partial charge is 0.330 e. The fourth-order valence-corrected chi connectivity index (χ4v) is 2.11. The first kappa shape index (κ1) is 13.5. The molecule has 0 heterocycles. The molecule has 0 aliphatic carbocycles. The predicted molar refractivity (Wildman–Crippen MR) is 74.5 cm³/mol. The van der Waals surface area contributed by atoms with Crippen LogP contribution in [0, 0.1) is 5.82 Å². The lowest BCUT2D eigenvalue weighted by atomic mass is 10.1. The minimum Gasteiger partial charge on any atom is -0.479 e. The van der Waals surface area contributed by atoms with Gasteiger partial charge in [-0.15, -0.1) is 0 Å². The maximum absolute atomic E-state index is 13.7. The standard InChI is InChI=1S/C14H11BrFNO2/c15-10-6-2-4-8-12(10)17-13(14(18)19)9-5-1-3-7-11(9)16/h1-8,13,17H,(H,18,19). The van der Waals surface area contributed by atoms with Crippen molar-refractivity contribution in [3.05, 3.63) is 64.4 Å².